The number of nitrogens with one attached hydrogen (secondary N) is 2. The van der Waals surface area contributed by atoms with Crippen LogP contribution in [0.5, 0.6) is 0 Å². The van der Waals surface area contributed by atoms with E-state index in [-0.39, 0.29) is 29.7 Å². The highest BCUT2D eigenvalue weighted by atomic mass is 16.6. The van der Waals surface area contributed by atoms with Gasteiger partial charge < -0.3 is 15.5 Å². The number of hydrogen-bond donors (Lipinski definition) is 2. The van der Waals surface area contributed by atoms with Crippen LogP contribution in [0, 0.1) is 10.1 Å². The van der Waals surface area contributed by atoms with Crippen molar-refractivity contribution in [3.63, 3.8) is 0 Å². The minimum atomic E-state index is -0.792. The van der Waals surface area contributed by atoms with Gasteiger partial charge in [0.15, 0.2) is 0 Å². The molecule has 8 nitrogen and oxygen atoms in total. The quantitative estimate of drug-likeness (QED) is 0.176. The number of carbonyl (C=O) groups is 2. The largest absolute Gasteiger partial charge is 0.359 e. The Labute approximate surface area is 220 Å². The zero-order valence-electron chi connectivity index (χ0n) is 22.6. The fourth-order valence-corrected chi connectivity index (χ4v) is 3.40. The summed E-state index contributed by atoms with van der Waals surface area (Å²) in [6, 6.07) is 6.47. The zero-order chi connectivity index (χ0) is 27.8. The second-order valence-electron chi connectivity index (χ2n) is 8.72. The van der Waals surface area contributed by atoms with Crippen LogP contribution >= 0.6 is 0 Å². The van der Waals surface area contributed by atoms with E-state index >= 15 is 0 Å². The van der Waals surface area contributed by atoms with E-state index in [2.05, 4.69) is 17.2 Å². The molecule has 1 atom stereocenters. The smallest absolute Gasteiger partial charge is 0.243 e. The van der Waals surface area contributed by atoms with Crippen LogP contribution in [0.4, 0.5) is 5.69 Å². The van der Waals surface area contributed by atoms with Crippen LogP contribution in [0.3, 0.4) is 0 Å². The third-order valence-electron chi connectivity index (χ3n) is 5.41. The van der Waals surface area contributed by atoms with Gasteiger partial charge in [-0.25, -0.2) is 0 Å². The third-order valence-corrected chi connectivity index (χ3v) is 5.41. The van der Waals surface area contributed by atoms with E-state index in [4.69, 9.17) is 0 Å². The summed E-state index contributed by atoms with van der Waals surface area (Å²) in [6.07, 6.45) is 12.7. The predicted molar refractivity (Wildman–Crippen MR) is 151 cm³/mol. The number of anilines is 1. The number of unbranched alkanes of at least 4 members (excludes halogenated alkanes) is 1. The van der Waals surface area contributed by atoms with Crippen LogP contribution in [-0.4, -0.2) is 40.8 Å². The van der Waals surface area contributed by atoms with Gasteiger partial charge in [-0.2, -0.15) is 0 Å². The van der Waals surface area contributed by atoms with Gasteiger partial charge in [0.25, 0.3) is 0 Å². The van der Waals surface area contributed by atoms with Gasteiger partial charge in [-0.3, -0.25) is 19.7 Å². The SMILES string of the molecule is C=C(/C=C\C=C/C)CC(=O)N(CCCC)CC(=O)Nc1ccc(/C(=C/C)N/C(C)=C/C(C)[N+](=O)[O-])cc1. The molecule has 200 valence electrons. The highest BCUT2D eigenvalue weighted by Crippen LogP contribution is 2.17. The second kappa shape index (κ2) is 16.7. The van der Waals surface area contributed by atoms with E-state index < -0.39 is 6.04 Å². The summed E-state index contributed by atoms with van der Waals surface area (Å²) < 4.78 is 0. The molecule has 2 amide bonds. The van der Waals surface area contributed by atoms with Crippen molar-refractivity contribution in [1.29, 1.82) is 0 Å². The van der Waals surface area contributed by atoms with E-state index in [0.29, 0.717) is 23.5 Å². The molecular weight excluding hydrogens is 468 g/mol. The first-order chi connectivity index (χ1) is 17.6. The Balaban J connectivity index is 2.82. The molecule has 0 saturated carbocycles. The van der Waals surface area contributed by atoms with Crippen LogP contribution in [0.1, 0.15) is 59.4 Å². The van der Waals surface area contributed by atoms with Gasteiger partial charge >= 0.3 is 0 Å². The van der Waals surface area contributed by atoms with Crippen LogP contribution in [0.25, 0.3) is 5.70 Å². The minimum Gasteiger partial charge on any atom is -0.359 e. The van der Waals surface area contributed by atoms with E-state index in [1.165, 1.54) is 6.92 Å². The molecule has 8 heteroatoms. The van der Waals surface area contributed by atoms with Gasteiger partial charge in [-0.15, -0.1) is 0 Å². The Morgan fingerprint density at radius 1 is 1.19 bits per heavy atom. The molecular formula is C29H40N4O4. The van der Waals surface area contributed by atoms with E-state index in [1.807, 2.05) is 57.2 Å². The van der Waals surface area contributed by atoms with Gasteiger partial charge in [0, 0.05) is 41.5 Å². The third kappa shape index (κ3) is 12.0. The molecule has 0 aromatic heterocycles. The number of carbonyl (C=O) groups excluding carboxylic acids is 2. The molecule has 1 rings (SSSR count). The lowest BCUT2D eigenvalue weighted by atomic mass is 10.1. The van der Waals surface area contributed by atoms with Crippen molar-refractivity contribution < 1.29 is 14.5 Å². The number of allylic oxidation sites excluding steroid dienone is 6. The van der Waals surface area contributed by atoms with Crippen molar-refractivity contribution in [2.24, 2.45) is 0 Å². The number of hydrogen-bond acceptors (Lipinski definition) is 5. The van der Waals surface area contributed by atoms with Crippen LogP contribution < -0.4 is 10.6 Å². The molecule has 0 radical (unpaired) electrons. The average molecular weight is 509 g/mol. The summed E-state index contributed by atoms with van der Waals surface area (Å²) in [5, 5.41) is 16.9. The fraction of sp³-hybridized carbons (Fsp3) is 0.379. The number of rotatable bonds is 15. The van der Waals surface area contributed by atoms with Crippen LogP contribution in [-0.2, 0) is 9.59 Å². The second-order valence-corrected chi connectivity index (χ2v) is 8.72. The fourth-order valence-electron chi connectivity index (χ4n) is 3.40. The maximum atomic E-state index is 12.8. The summed E-state index contributed by atoms with van der Waals surface area (Å²) in [7, 11) is 0. The first kappa shape index (κ1) is 31.1. The maximum Gasteiger partial charge on any atom is 0.243 e. The van der Waals surface area contributed by atoms with E-state index in [9.17, 15) is 19.7 Å². The first-order valence-electron chi connectivity index (χ1n) is 12.5. The molecule has 0 fully saturated rings. The van der Waals surface area contributed by atoms with Crippen LogP contribution in [0.15, 0.2) is 78.6 Å². The topological polar surface area (TPSA) is 105 Å². The molecule has 2 N–H and O–H groups in total. The Morgan fingerprint density at radius 3 is 2.43 bits per heavy atom. The Hall–Kier alpha value is -3.94. The standard InChI is InChI=1S/C29H40N4O4/c1-7-10-12-13-22(4)19-29(35)32(18-11-8-2)21-28(34)31-26-16-14-25(15-17-26)27(9-3)30-23(5)20-24(6)33(36)37/h7,9-10,12-17,20,24,30H,4,8,11,18-19,21H2,1-3,5-6H3,(H,31,34)/b10-7-,13-12-,23-20+,27-9-. The molecule has 37 heavy (non-hydrogen) atoms. The lowest BCUT2D eigenvalue weighted by molar-refractivity contribution is -0.505. The average Bonchev–Trinajstić information content (AvgIpc) is 2.85. The number of benzene rings is 1. The van der Waals surface area contributed by atoms with Crippen molar-refractivity contribution in [2.75, 3.05) is 18.4 Å². The zero-order valence-corrected chi connectivity index (χ0v) is 22.6. The van der Waals surface area contributed by atoms with Crippen molar-refractivity contribution >= 4 is 23.2 Å². The number of amides is 2. The Morgan fingerprint density at radius 2 is 1.86 bits per heavy atom. The monoisotopic (exact) mass is 508 g/mol. The summed E-state index contributed by atoms with van der Waals surface area (Å²) >= 11 is 0. The normalized spacial score (nSPS) is 13.0. The van der Waals surface area contributed by atoms with Crippen molar-refractivity contribution in [3.05, 3.63) is 94.2 Å². The molecule has 1 unspecified atom stereocenters. The molecule has 0 bridgehead atoms. The Bertz CT molecular complexity index is 1050. The minimum absolute atomic E-state index is 0.0350. The summed E-state index contributed by atoms with van der Waals surface area (Å²) in [5.41, 5.74) is 3.63. The molecule has 0 spiro atoms. The van der Waals surface area contributed by atoms with E-state index in [1.54, 1.807) is 36.1 Å². The summed E-state index contributed by atoms with van der Waals surface area (Å²) in [6.45, 7) is 13.5. The molecule has 0 aliphatic rings. The van der Waals surface area contributed by atoms with Crippen molar-refractivity contribution in [2.45, 2.75) is 59.9 Å². The van der Waals surface area contributed by atoms with Gasteiger partial charge in [0.1, 0.15) is 0 Å². The van der Waals surface area contributed by atoms with Crippen molar-refractivity contribution in [1.82, 2.24) is 10.2 Å². The highest BCUT2D eigenvalue weighted by molar-refractivity contribution is 5.95. The molecule has 0 saturated heterocycles. The van der Waals surface area contributed by atoms with Crippen molar-refractivity contribution in [3.8, 4) is 0 Å². The number of nitrogens with zero attached hydrogens (tertiary/aromatic N) is 2. The molecule has 0 heterocycles. The lowest BCUT2D eigenvalue weighted by Crippen LogP contribution is -2.38. The summed E-state index contributed by atoms with van der Waals surface area (Å²) in [5.74, 6) is -0.406. The van der Waals surface area contributed by atoms with Gasteiger partial charge in [0.05, 0.1) is 13.0 Å². The molecule has 0 aliphatic heterocycles. The van der Waals surface area contributed by atoms with E-state index in [0.717, 1.165) is 24.1 Å². The van der Waals surface area contributed by atoms with Gasteiger partial charge in [-0.1, -0.05) is 62.4 Å². The molecule has 1 aromatic rings. The first-order valence-corrected chi connectivity index (χ1v) is 12.5. The molecule has 1 aromatic carbocycles. The highest BCUT2D eigenvalue weighted by Gasteiger charge is 2.17. The van der Waals surface area contributed by atoms with Gasteiger partial charge in [0.2, 0.25) is 17.9 Å². The van der Waals surface area contributed by atoms with Crippen LogP contribution in [0.2, 0.25) is 0 Å². The predicted octanol–water partition coefficient (Wildman–Crippen LogP) is 5.85. The lowest BCUT2D eigenvalue weighted by Gasteiger charge is -2.22. The number of nitro groups is 1. The molecule has 0 aliphatic carbocycles. The van der Waals surface area contributed by atoms with Gasteiger partial charge in [-0.05, 0) is 50.5 Å². The maximum absolute atomic E-state index is 12.8. The summed E-state index contributed by atoms with van der Waals surface area (Å²) in [4.78, 5) is 37.6. The Kier molecular flexibility index (Phi) is 14.0.